The fourth-order valence-corrected chi connectivity index (χ4v) is 5.74. The van der Waals surface area contributed by atoms with Crippen LogP contribution < -0.4 is 9.47 Å². The number of nitrogens with zero attached hydrogens (tertiary/aromatic N) is 1. The summed E-state index contributed by atoms with van der Waals surface area (Å²) in [5, 5.41) is 11.0. The van der Waals surface area contributed by atoms with Crippen LogP contribution in [0.5, 0.6) is 11.5 Å². The topological polar surface area (TPSA) is 59.0 Å². The molecular formula is C18H21NO4. The van der Waals surface area contributed by atoms with Crippen LogP contribution in [-0.4, -0.2) is 48.6 Å². The number of carbonyl (C=O) groups is 1. The molecule has 1 spiro atoms. The minimum Gasteiger partial charge on any atom is -0.493 e. The SMILES string of the molecule is COc1ccc2c3c1O[C@H]1C(=O)CC[C@H]4[C@@H]([C@H]2O)N(C)CC[C@]314. The van der Waals surface area contributed by atoms with Gasteiger partial charge in [0.15, 0.2) is 23.4 Å². The number of aliphatic hydroxyl groups excluding tert-OH is 1. The third-order valence-corrected chi connectivity index (χ3v) is 6.64. The molecule has 5 atom stereocenters. The Morgan fingerprint density at radius 1 is 1.43 bits per heavy atom. The fraction of sp³-hybridized carbons (Fsp3) is 0.611. The third kappa shape index (κ3) is 1.40. The van der Waals surface area contributed by atoms with E-state index in [1.807, 2.05) is 12.1 Å². The van der Waals surface area contributed by atoms with Gasteiger partial charge in [-0.15, -0.1) is 0 Å². The van der Waals surface area contributed by atoms with Gasteiger partial charge < -0.3 is 19.5 Å². The molecule has 1 saturated carbocycles. The van der Waals surface area contributed by atoms with Gasteiger partial charge in [0, 0.05) is 23.4 Å². The van der Waals surface area contributed by atoms with Gasteiger partial charge in [0.1, 0.15) is 0 Å². The minimum absolute atomic E-state index is 0.0646. The van der Waals surface area contributed by atoms with Crippen molar-refractivity contribution in [3.63, 3.8) is 0 Å². The van der Waals surface area contributed by atoms with Gasteiger partial charge in [-0.1, -0.05) is 6.07 Å². The normalized spacial score (nSPS) is 40.6. The highest BCUT2D eigenvalue weighted by molar-refractivity contribution is 5.89. The Kier molecular flexibility index (Phi) is 2.57. The Morgan fingerprint density at radius 2 is 2.26 bits per heavy atom. The first-order valence-corrected chi connectivity index (χ1v) is 8.38. The number of ether oxygens (including phenoxy) is 2. The smallest absolute Gasteiger partial charge is 0.174 e. The molecule has 5 nitrogen and oxygen atoms in total. The Bertz CT molecular complexity index is 717. The van der Waals surface area contributed by atoms with Crippen LogP contribution in [0.2, 0.25) is 0 Å². The summed E-state index contributed by atoms with van der Waals surface area (Å²) < 4.78 is 11.7. The summed E-state index contributed by atoms with van der Waals surface area (Å²) in [5.41, 5.74) is 1.70. The molecule has 0 amide bonds. The van der Waals surface area contributed by atoms with Gasteiger partial charge in [-0.3, -0.25) is 4.79 Å². The Balaban J connectivity index is 1.84. The molecule has 23 heavy (non-hydrogen) atoms. The standard InChI is InChI=1S/C18H21NO4/c1-19-8-7-18-10-4-5-11(20)17(18)23-16-12(22-2)6-3-9(13(16)18)15(21)14(10)19/h3,6,10,14-15,17,21H,4-5,7-8H2,1-2H3/t10-,14-,15-,17-,18-/m0/s1. The Labute approximate surface area is 135 Å². The van der Waals surface area contributed by atoms with Gasteiger partial charge in [-0.2, -0.15) is 0 Å². The lowest BCUT2D eigenvalue weighted by molar-refractivity contribution is -0.143. The average molecular weight is 315 g/mol. The summed E-state index contributed by atoms with van der Waals surface area (Å²) >= 11 is 0. The summed E-state index contributed by atoms with van der Waals surface area (Å²) in [4.78, 5) is 14.9. The van der Waals surface area contributed by atoms with Crippen molar-refractivity contribution in [1.82, 2.24) is 4.90 Å². The van der Waals surface area contributed by atoms with E-state index in [1.165, 1.54) is 0 Å². The second kappa shape index (κ2) is 4.28. The average Bonchev–Trinajstić information content (AvgIpc) is 2.90. The van der Waals surface area contributed by atoms with Gasteiger partial charge >= 0.3 is 0 Å². The predicted octanol–water partition coefficient (Wildman–Crippen LogP) is 1.42. The maximum absolute atomic E-state index is 12.6. The lowest BCUT2D eigenvalue weighted by Crippen LogP contribution is -2.66. The summed E-state index contributed by atoms with van der Waals surface area (Å²) in [6, 6.07) is 3.87. The second-order valence-electron chi connectivity index (χ2n) is 7.38. The molecule has 2 bridgehead atoms. The number of hydrogen-bond donors (Lipinski definition) is 1. The first kappa shape index (κ1) is 13.8. The Hall–Kier alpha value is -1.59. The number of likely N-dealkylation sites (N-methyl/N-ethyl adjacent to an activating group) is 1. The van der Waals surface area contributed by atoms with Crippen LogP contribution in [0.1, 0.15) is 36.5 Å². The number of hydrogen-bond acceptors (Lipinski definition) is 5. The van der Waals surface area contributed by atoms with E-state index in [2.05, 4.69) is 11.9 Å². The summed E-state index contributed by atoms with van der Waals surface area (Å²) in [6.45, 7) is 0.876. The van der Waals surface area contributed by atoms with E-state index < -0.39 is 12.2 Å². The van der Waals surface area contributed by atoms with Gasteiger partial charge in [-0.25, -0.2) is 0 Å². The molecule has 0 radical (unpaired) electrons. The molecule has 2 fully saturated rings. The van der Waals surface area contributed by atoms with Crippen LogP contribution in [-0.2, 0) is 10.2 Å². The first-order chi connectivity index (χ1) is 11.1. The number of Topliss-reactive ketones (excluding diaryl/α,β-unsaturated/α-hetero) is 1. The molecule has 1 N–H and O–H groups in total. The quantitative estimate of drug-likeness (QED) is 0.849. The third-order valence-electron chi connectivity index (χ3n) is 6.64. The van der Waals surface area contributed by atoms with Crippen LogP contribution in [0.25, 0.3) is 0 Å². The van der Waals surface area contributed by atoms with Crippen molar-refractivity contribution in [1.29, 1.82) is 0 Å². The molecule has 5 rings (SSSR count). The molecular weight excluding hydrogens is 294 g/mol. The van der Waals surface area contributed by atoms with Crippen molar-refractivity contribution in [2.75, 3.05) is 20.7 Å². The van der Waals surface area contributed by atoms with Crippen molar-refractivity contribution >= 4 is 5.78 Å². The van der Waals surface area contributed by atoms with Crippen LogP contribution in [0.4, 0.5) is 0 Å². The van der Waals surface area contributed by atoms with E-state index in [0.29, 0.717) is 17.9 Å². The van der Waals surface area contributed by atoms with Crippen molar-refractivity contribution in [3.05, 3.63) is 23.3 Å². The number of piperidine rings is 1. The highest BCUT2D eigenvalue weighted by Gasteiger charge is 2.67. The molecule has 1 aromatic rings. The number of aliphatic hydroxyl groups is 1. The molecule has 1 aromatic carbocycles. The minimum atomic E-state index is -0.534. The summed E-state index contributed by atoms with van der Waals surface area (Å²) in [7, 11) is 3.70. The molecule has 2 heterocycles. The van der Waals surface area contributed by atoms with Crippen LogP contribution >= 0.6 is 0 Å². The van der Waals surface area contributed by atoms with Crippen molar-refractivity contribution in [2.24, 2.45) is 5.92 Å². The molecule has 1 saturated heterocycles. The largest absolute Gasteiger partial charge is 0.493 e. The summed E-state index contributed by atoms with van der Waals surface area (Å²) in [6.07, 6.45) is 1.34. The van der Waals surface area contributed by atoms with Crippen molar-refractivity contribution < 1.29 is 19.4 Å². The lowest BCUT2D eigenvalue weighted by Gasteiger charge is -2.58. The number of rotatable bonds is 1. The maximum Gasteiger partial charge on any atom is 0.174 e. The molecule has 0 unspecified atom stereocenters. The second-order valence-corrected chi connectivity index (χ2v) is 7.38. The van der Waals surface area contributed by atoms with E-state index in [0.717, 1.165) is 30.5 Å². The van der Waals surface area contributed by atoms with E-state index in [9.17, 15) is 9.90 Å². The van der Waals surface area contributed by atoms with Crippen LogP contribution in [0.15, 0.2) is 12.1 Å². The predicted molar refractivity (Wildman–Crippen MR) is 82.8 cm³/mol. The van der Waals surface area contributed by atoms with E-state index in [1.54, 1.807) is 7.11 Å². The van der Waals surface area contributed by atoms with Gasteiger partial charge in [-0.05, 0) is 44.0 Å². The number of benzene rings is 1. The van der Waals surface area contributed by atoms with E-state index in [4.69, 9.17) is 9.47 Å². The van der Waals surface area contributed by atoms with Gasteiger partial charge in [0.25, 0.3) is 0 Å². The lowest BCUT2D eigenvalue weighted by atomic mass is 9.51. The van der Waals surface area contributed by atoms with Gasteiger partial charge in [0.2, 0.25) is 0 Å². The number of likely N-dealkylation sites (tertiary alicyclic amines) is 1. The van der Waals surface area contributed by atoms with Crippen LogP contribution in [0.3, 0.4) is 0 Å². The summed E-state index contributed by atoms with van der Waals surface area (Å²) in [5.74, 6) is 1.82. The number of methoxy groups -OCH3 is 1. The highest BCUT2D eigenvalue weighted by Crippen LogP contribution is 2.64. The monoisotopic (exact) mass is 315 g/mol. The van der Waals surface area contributed by atoms with E-state index >= 15 is 0 Å². The molecule has 122 valence electrons. The van der Waals surface area contributed by atoms with Crippen molar-refractivity contribution in [2.45, 2.75) is 42.9 Å². The number of ketones is 1. The number of carbonyl (C=O) groups excluding carboxylic acids is 1. The zero-order chi connectivity index (χ0) is 15.9. The zero-order valence-corrected chi connectivity index (χ0v) is 13.4. The van der Waals surface area contributed by atoms with Crippen LogP contribution in [0, 0.1) is 5.92 Å². The Morgan fingerprint density at radius 3 is 3.04 bits per heavy atom. The maximum atomic E-state index is 12.6. The zero-order valence-electron chi connectivity index (χ0n) is 13.4. The molecule has 4 aliphatic rings. The first-order valence-electron chi connectivity index (χ1n) is 8.38. The molecule has 5 heteroatoms. The fourth-order valence-electron chi connectivity index (χ4n) is 5.74. The van der Waals surface area contributed by atoms with Gasteiger partial charge in [0.05, 0.1) is 13.2 Å². The molecule has 2 aliphatic carbocycles. The molecule has 0 aromatic heterocycles. The molecule has 2 aliphatic heterocycles. The highest BCUT2D eigenvalue weighted by atomic mass is 16.5. The van der Waals surface area contributed by atoms with Crippen molar-refractivity contribution in [3.8, 4) is 11.5 Å². The van der Waals surface area contributed by atoms with E-state index in [-0.39, 0.29) is 23.2 Å².